The van der Waals surface area contributed by atoms with Crippen LogP contribution in [0.3, 0.4) is 0 Å². The number of aliphatic hydroxyl groups is 1. The molecule has 1 aromatic carbocycles. The number of fused-ring (bicyclic) bond motifs is 1. The molecule has 2 aromatic rings. The van der Waals surface area contributed by atoms with Gasteiger partial charge < -0.3 is 14.3 Å². The number of hydrogen-bond acceptors (Lipinski definition) is 5. The van der Waals surface area contributed by atoms with Gasteiger partial charge in [-0.3, -0.25) is 9.59 Å². The van der Waals surface area contributed by atoms with Gasteiger partial charge in [0.1, 0.15) is 0 Å². The van der Waals surface area contributed by atoms with E-state index in [9.17, 15) is 14.7 Å². The summed E-state index contributed by atoms with van der Waals surface area (Å²) in [5, 5.41) is 10.2. The number of rotatable bonds is 7. The molecule has 1 heterocycles. The summed E-state index contributed by atoms with van der Waals surface area (Å²) in [6.45, 7) is 0.688. The number of furan rings is 1. The van der Waals surface area contributed by atoms with Crippen molar-refractivity contribution in [2.75, 3.05) is 6.61 Å². The zero-order valence-corrected chi connectivity index (χ0v) is 19.3. The summed E-state index contributed by atoms with van der Waals surface area (Å²) < 4.78 is 10.8. The second-order valence-electron chi connectivity index (χ2n) is 7.82. The predicted molar refractivity (Wildman–Crippen MR) is 101 cm³/mol. The topological polar surface area (TPSA) is 76.7 Å². The molecule has 0 bridgehead atoms. The zero-order valence-electron chi connectivity index (χ0n) is 16.4. The third-order valence-corrected chi connectivity index (χ3v) is 6.03. The summed E-state index contributed by atoms with van der Waals surface area (Å²) in [4.78, 5) is 24.4. The maximum absolute atomic E-state index is 12.4. The van der Waals surface area contributed by atoms with Gasteiger partial charge in [-0.15, -0.1) is 6.07 Å². The predicted octanol–water partition coefficient (Wildman–Crippen LogP) is 3.37. The minimum Gasteiger partial charge on any atom is -0.593 e. The molecular weight excluding hydrogens is 445 g/mol. The first-order valence-electron chi connectivity index (χ1n) is 10.0. The molecule has 1 saturated carbocycles. The molecule has 1 N–H and O–H groups in total. The van der Waals surface area contributed by atoms with Crippen molar-refractivity contribution in [1.82, 2.24) is 0 Å². The molecule has 2 aliphatic rings. The van der Waals surface area contributed by atoms with E-state index in [1.165, 1.54) is 11.1 Å². The van der Waals surface area contributed by atoms with Crippen molar-refractivity contribution in [1.29, 1.82) is 0 Å². The Balaban J connectivity index is 0.00000240. The molecule has 3 atom stereocenters. The van der Waals surface area contributed by atoms with E-state index in [1.54, 1.807) is 12.1 Å². The third-order valence-electron chi connectivity index (χ3n) is 6.03. The monoisotopic (exact) mass is 470 g/mol. The number of Topliss-reactive ketones (excluding diaryl/α,β-unsaturated/α-hetero) is 2. The van der Waals surface area contributed by atoms with E-state index in [0.717, 1.165) is 31.2 Å². The molecule has 1 aromatic heterocycles. The first-order valence-corrected chi connectivity index (χ1v) is 10.0. The average molecular weight is 470 g/mol. The fourth-order valence-electron chi connectivity index (χ4n) is 4.55. The largest absolute Gasteiger partial charge is 0.593 e. The molecule has 0 aliphatic heterocycles. The van der Waals surface area contributed by atoms with E-state index in [-0.39, 0.29) is 62.5 Å². The maximum Gasteiger partial charge on any atom is 0.201 e. The van der Waals surface area contributed by atoms with Gasteiger partial charge in [-0.1, -0.05) is 18.2 Å². The molecule has 0 amide bonds. The maximum atomic E-state index is 12.4. The number of ketones is 2. The molecule has 6 heteroatoms. The van der Waals surface area contributed by atoms with Crippen molar-refractivity contribution >= 4 is 11.6 Å². The number of carbonyl (C=O) groups excluding carboxylic acids is 2. The van der Waals surface area contributed by atoms with Gasteiger partial charge in [0.05, 0.1) is 6.10 Å². The second-order valence-corrected chi connectivity index (χ2v) is 7.82. The van der Waals surface area contributed by atoms with Crippen molar-refractivity contribution in [3.05, 3.63) is 59.0 Å². The first-order chi connectivity index (χ1) is 13.6. The summed E-state index contributed by atoms with van der Waals surface area (Å²) in [6, 6.07) is 9.52. The van der Waals surface area contributed by atoms with Crippen molar-refractivity contribution in [2.45, 2.75) is 51.2 Å². The third kappa shape index (κ3) is 5.14. The van der Waals surface area contributed by atoms with Crippen LogP contribution in [-0.2, 0) is 66.5 Å². The SMILES string of the molecule is O=C1C[C@H](COCc2cc[c-]o2)[C@@H](CCc2cccc3c2CCCC3O)C1=O.[Y]. The Morgan fingerprint density at radius 1 is 1.24 bits per heavy atom. The van der Waals surface area contributed by atoms with Gasteiger partial charge in [0.25, 0.3) is 0 Å². The second kappa shape index (κ2) is 10.3. The summed E-state index contributed by atoms with van der Waals surface area (Å²) in [6.07, 6.45) is 6.62. The summed E-state index contributed by atoms with van der Waals surface area (Å²) in [5.74, 6) is -0.231. The molecule has 0 saturated heterocycles. The van der Waals surface area contributed by atoms with Crippen LogP contribution in [0, 0.1) is 18.1 Å². The van der Waals surface area contributed by atoms with E-state index in [2.05, 4.69) is 12.3 Å². The number of hydrogen-bond donors (Lipinski definition) is 1. The van der Waals surface area contributed by atoms with E-state index >= 15 is 0 Å². The van der Waals surface area contributed by atoms with Gasteiger partial charge in [0.2, 0.25) is 5.78 Å². The Hall–Kier alpha value is -1.14. The minimum absolute atomic E-state index is 0. The molecule has 29 heavy (non-hydrogen) atoms. The van der Waals surface area contributed by atoms with Crippen LogP contribution in [0.1, 0.15) is 54.2 Å². The van der Waals surface area contributed by atoms with Gasteiger partial charge >= 0.3 is 0 Å². The number of aliphatic hydroxyl groups excluding tert-OH is 1. The molecule has 1 unspecified atom stereocenters. The summed E-state index contributed by atoms with van der Waals surface area (Å²) in [7, 11) is 0. The standard InChI is InChI=1S/C23H25O5.Y/c24-21-8-2-6-18-15(4-1-7-20(18)21)9-10-19-16(12-22(25)23(19)26)13-27-14-17-5-3-11-28-17;/h1,3-5,7,16,19,21,24H,2,6,8-10,12-14H2;/q-1;/t16-,19-,21?;/m1./s1. The fourth-order valence-corrected chi connectivity index (χ4v) is 4.55. The summed E-state index contributed by atoms with van der Waals surface area (Å²) in [5.41, 5.74) is 3.43. The molecule has 2 aliphatic carbocycles. The smallest absolute Gasteiger partial charge is 0.201 e. The Kier molecular flexibility index (Phi) is 7.97. The molecule has 0 spiro atoms. The average Bonchev–Trinajstić information content (AvgIpc) is 3.30. The van der Waals surface area contributed by atoms with Crippen LogP contribution in [0.15, 0.2) is 34.7 Å². The van der Waals surface area contributed by atoms with Crippen LogP contribution in [0.25, 0.3) is 0 Å². The molecule has 1 radical (unpaired) electrons. The quantitative estimate of drug-likeness (QED) is 0.496. The Morgan fingerprint density at radius 3 is 2.90 bits per heavy atom. The van der Waals surface area contributed by atoms with Gasteiger partial charge in [-0.2, -0.15) is 6.07 Å². The number of benzene rings is 1. The van der Waals surface area contributed by atoms with Gasteiger partial charge in [-0.05, 0) is 66.7 Å². The molecule has 4 rings (SSSR count). The van der Waals surface area contributed by atoms with Crippen molar-refractivity contribution < 1.29 is 56.6 Å². The molecule has 151 valence electrons. The summed E-state index contributed by atoms with van der Waals surface area (Å²) >= 11 is 0. The van der Waals surface area contributed by atoms with Crippen LogP contribution in [0.5, 0.6) is 0 Å². The number of carbonyl (C=O) groups is 2. The normalized spacial score (nSPS) is 23.7. The molecular formula is C23H25O5Y-. The van der Waals surface area contributed by atoms with E-state index in [4.69, 9.17) is 9.15 Å². The van der Waals surface area contributed by atoms with Gasteiger partial charge in [0, 0.05) is 58.3 Å². The van der Waals surface area contributed by atoms with Gasteiger partial charge in [-0.25, -0.2) is 0 Å². The first kappa shape index (κ1) is 22.5. The van der Waals surface area contributed by atoms with E-state index in [0.29, 0.717) is 25.4 Å². The Bertz CT molecular complexity index is 845. The van der Waals surface area contributed by atoms with E-state index < -0.39 is 6.10 Å². The van der Waals surface area contributed by atoms with Crippen molar-refractivity contribution in [3.63, 3.8) is 0 Å². The van der Waals surface area contributed by atoms with Crippen LogP contribution >= 0.6 is 0 Å². The van der Waals surface area contributed by atoms with Crippen LogP contribution in [0.2, 0.25) is 0 Å². The Morgan fingerprint density at radius 2 is 2.10 bits per heavy atom. The Labute approximate surface area is 196 Å². The number of aryl methyl sites for hydroxylation is 1. The number of ether oxygens (including phenoxy) is 1. The molecule has 1 fully saturated rings. The van der Waals surface area contributed by atoms with Crippen molar-refractivity contribution in [3.8, 4) is 0 Å². The van der Waals surface area contributed by atoms with Crippen molar-refractivity contribution in [2.24, 2.45) is 11.8 Å². The fraction of sp³-hybridized carbons (Fsp3) is 0.478. The molecule has 5 nitrogen and oxygen atoms in total. The van der Waals surface area contributed by atoms with Crippen LogP contribution < -0.4 is 0 Å². The van der Waals surface area contributed by atoms with Crippen LogP contribution in [0.4, 0.5) is 0 Å². The zero-order chi connectivity index (χ0) is 19.5. The van der Waals surface area contributed by atoms with E-state index in [1.807, 2.05) is 12.1 Å². The van der Waals surface area contributed by atoms with Crippen LogP contribution in [-0.4, -0.2) is 23.3 Å². The van der Waals surface area contributed by atoms with Gasteiger partial charge in [0.15, 0.2) is 5.78 Å². The minimum atomic E-state index is -0.390.